The Kier molecular flexibility index (Phi) is 11.6. The van der Waals surface area contributed by atoms with E-state index < -0.39 is 12.2 Å². The van der Waals surface area contributed by atoms with Crippen LogP contribution in [0.3, 0.4) is 0 Å². The van der Waals surface area contributed by atoms with Crippen LogP contribution >= 0.6 is 0 Å². The summed E-state index contributed by atoms with van der Waals surface area (Å²) in [5, 5.41) is 29.3. The molecule has 8 nitrogen and oxygen atoms in total. The molecule has 0 fully saturated rings. The zero-order chi connectivity index (χ0) is 27.3. The van der Waals surface area contributed by atoms with Gasteiger partial charge in [-0.3, -0.25) is 0 Å². The molecule has 0 radical (unpaired) electrons. The highest BCUT2D eigenvalue weighted by atomic mass is 16.3. The first-order valence-corrected chi connectivity index (χ1v) is 13.7. The summed E-state index contributed by atoms with van der Waals surface area (Å²) in [4.78, 5) is 8.46. The monoisotopic (exact) mass is 518 g/mol. The Labute approximate surface area is 226 Å². The fraction of sp³-hybridized carbons (Fsp3) is 0.467. The summed E-state index contributed by atoms with van der Waals surface area (Å²) in [6.07, 6.45) is 5.72. The third-order valence-corrected chi connectivity index (χ3v) is 7.16. The van der Waals surface area contributed by atoms with Gasteiger partial charge in [0.15, 0.2) is 11.6 Å². The van der Waals surface area contributed by atoms with E-state index in [1.165, 1.54) is 12.7 Å². The highest BCUT2D eigenvalue weighted by molar-refractivity contribution is 5.16. The van der Waals surface area contributed by atoms with Gasteiger partial charge in [-0.1, -0.05) is 114 Å². The minimum atomic E-state index is -0.541. The number of nitrogens with zero attached hydrogens (tertiary/aromatic N) is 6. The third kappa shape index (κ3) is 7.82. The molecule has 0 saturated carbocycles. The van der Waals surface area contributed by atoms with Crippen molar-refractivity contribution >= 4 is 0 Å². The van der Waals surface area contributed by atoms with Crippen LogP contribution in [0.4, 0.5) is 0 Å². The van der Waals surface area contributed by atoms with Crippen LogP contribution in [0.5, 0.6) is 0 Å². The number of benzene rings is 2. The number of hydrogen-bond donors (Lipinski definition) is 2. The average Bonchev–Trinajstić information content (AvgIpc) is 3.61. The van der Waals surface area contributed by atoms with Crippen molar-refractivity contribution in [3.8, 4) is 0 Å². The second-order valence-electron chi connectivity index (χ2n) is 9.57. The lowest BCUT2D eigenvalue weighted by Crippen LogP contribution is -2.17. The molecule has 8 heteroatoms. The van der Waals surface area contributed by atoms with Crippen LogP contribution in [0.15, 0.2) is 73.3 Å². The van der Waals surface area contributed by atoms with Gasteiger partial charge in [-0.15, -0.1) is 0 Å². The van der Waals surface area contributed by atoms with Crippen molar-refractivity contribution < 1.29 is 10.2 Å². The molecule has 2 aromatic heterocycles. The molecule has 2 N–H and O–H groups in total. The molecule has 204 valence electrons. The molecule has 2 unspecified atom stereocenters. The Morgan fingerprint density at radius 2 is 0.921 bits per heavy atom. The van der Waals surface area contributed by atoms with Crippen LogP contribution in [0.25, 0.3) is 0 Å². The van der Waals surface area contributed by atoms with Gasteiger partial charge in [-0.2, -0.15) is 10.2 Å². The molecule has 0 aliphatic carbocycles. The van der Waals surface area contributed by atoms with E-state index in [0.717, 1.165) is 36.8 Å². The number of aliphatic hydroxyl groups excluding tert-OH is 2. The van der Waals surface area contributed by atoms with E-state index in [1.54, 1.807) is 9.36 Å². The quantitative estimate of drug-likeness (QED) is 0.253. The Morgan fingerprint density at radius 3 is 1.24 bits per heavy atom. The van der Waals surface area contributed by atoms with Gasteiger partial charge in [0.25, 0.3) is 0 Å². The zero-order valence-corrected chi connectivity index (χ0v) is 23.1. The second kappa shape index (κ2) is 15.1. The molecule has 2 atom stereocenters. The average molecular weight is 519 g/mol. The summed E-state index contributed by atoms with van der Waals surface area (Å²) in [6, 6.07) is 20.2. The van der Waals surface area contributed by atoms with Gasteiger partial charge in [0.2, 0.25) is 0 Å². The summed E-state index contributed by atoms with van der Waals surface area (Å²) in [6.45, 7) is 9.66. The number of rotatable bonds is 12. The van der Waals surface area contributed by atoms with Crippen LogP contribution in [-0.4, -0.2) is 39.7 Å². The van der Waals surface area contributed by atoms with Crippen LogP contribution in [0.1, 0.15) is 88.4 Å². The smallest absolute Gasteiger partial charge is 0.156 e. The van der Waals surface area contributed by atoms with E-state index in [0.29, 0.717) is 24.7 Å². The molecular weight excluding hydrogens is 476 g/mol. The van der Waals surface area contributed by atoms with Gasteiger partial charge < -0.3 is 10.2 Å². The molecular formula is C30H42N6O2. The van der Waals surface area contributed by atoms with Crippen molar-refractivity contribution in [1.29, 1.82) is 0 Å². The molecule has 0 saturated heterocycles. The normalized spacial score (nSPS) is 12.8. The molecule has 0 aliphatic rings. The first-order valence-electron chi connectivity index (χ1n) is 13.7. The lowest BCUT2D eigenvalue weighted by atomic mass is 9.96. The maximum atomic E-state index is 10.4. The molecule has 0 bridgehead atoms. The highest BCUT2D eigenvalue weighted by Gasteiger charge is 2.23. The van der Waals surface area contributed by atoms with E-state index in [2.05, 4.69) is 72.1 Å². The van der Waals surface area contributed by atoms with Gasteiger partial charge >= 0.3 is 0 Å². The van der Waals surface area contributed by atoms with Gasteiger partial charge in [0, 0.05) is 0 Å². The van der Waals surface area contributed by atoms with Gasteiger partial charge in [0.1, 0.15) is 24.9 Å². The van der Waals surface area contributed by atoms with E-state index in [4.69, 9.17) is 0 Å². The Balaban J connectivity index is 0.000000211. The molecule has 2 heterocycles. The molecule has 2 aromatic carbocycles. The largest absolute Gasteiger partial charge is 0.385 e. The molecule has 0 amide bonds. The summed E-state index contributed by atoms with van der Waals surface area (Å²) < 4.78 is 3.58. The standard InChI is InChI=1S/2C15H21N3O/c2*1-3-13(4-2)14(19)15-16-11-17-18(15)10-12-8-6-5-7-9-12/h2*5-9,11,13-14,19H,3-4,10H2,1-2H3. The molecule has 38 heavy (non-hydrogen) atoms. The van der Waals surface area contributed by atoms with Gasteiger partial charge in [-0.05, 0) is 23.0 Å². The first kappa shape index (κ1) is 29.2. The molecule has 0 aliphatic heterocycles. The topological polar surface area (TPSA) is 102 Å². The van der Waals surface area contributed by atoms with E-state index in [1.807, 2.05) is 36.4 Å². The molecule has 4 rings (SSSR count). The van der Waals surface area contributed by atoms with Gasteiger partial charge in [0.05, 0.1) is 13.1 Å². The van der Waals surface area contributed by atoms with Crippen molar-refractivity contribution in [2.45, 2.75) is 78.7 Å². The van der Waals surface area contributed by atoms with Crippen LogP contribution in [-0.2, 0) is 13.1 Å². The highest BCUT2D eigenvalue weighted by Crippen LogP contribution is 2.26. The van der Waals surface area contributed by atoms with E-state index in [-0.39, 0.29) is 11.8 Å². The predicted octanol–water partition coefficient (Wildman–Crippen LogP) is 5.59. The summed E-state index contributed by atoms with van der Waals surface area (Å²) in [5.74, 6) is 1.80. The fourth-order valence-corrected chi connectivity index (χ4v) is 4.65. The van der Waals surface area contributed by atoms with Crippen molar-refractivity contribution in [3.05, 3.63) is 96.1 Å². The van der Waals surface area contributed by atoms with Gasteiger partial charge in [-0.25, -0.2) is 19.3 Å². The van der Waals surface area contributed by atoms with Crippen LogP contribution < -0.4 is 0 Å². The summed E-state index contributed by atoms with van der Waals surface area (Å²) >= 11 is 0. The lowest BCUT2D eigenvalue weighted by Gasteiger charge is -2.19. The first-order chi connectivity index (χ1) is 18.5. The third-order valence-electron chi connectivity index (χ3n) is 7.16. The summed E-state index contributed by atoms with van der Waals surface area (Å²) in [5.41, 5.74) is 2.32. The van der Waals surface area contributed by atoms with Crippen molar-refractivity contribution in [2.75, 3.05) is 0 Å². The Hall–Kier alpha value is -3.36. The minimum Gasteiger partial charge on any atom is -0.385 e. The second-order valence-corrected chi connectivity index (χ2v) is 9.57. The Morgan fingerprint density at radius 1 is 0.579 bits per heavy atom. The molecule has 4 aromatic rings. The van der Waals surface area contributed by atoms with Crippen LogP contribution in [0, 0.1) is 11.8 Å². The number of aromatic nitrogens is 6. The maximum Gasteiger partial charge on any atom is 0.156 e. The maximum absolute atomic E-state index is 10.4. The van der Waals surface area contributed by atoms with E-state index in [9.17, 15) is 10.2 Å². The predicted molar refractivity (Wildman–Crippen MR) is 149 cm³/mol. The lowest BCUT2D eigenvalue weighted by molar-refractivity contribution is 0.0902. The molecule has 0 spiro atoms. The number of hydrogen-bond acceptors (Lipinski definition) is 6. The van der Waals surface area contributed by atoms with Crippen LogP contribution in [0.2, 0.25) is 0 Å². The van der Waals surface area contributed by atoms with Crippen molar-refractivity contribution in [3.63, 3.8) is 0 Å². The van der Waals surface area contributed by atoms with Crippen molar-refractivity contribution in [1.82, 2.24) is 29.5 Å². The van der Waals surface area contributed by atoms with Crippen molar-refractivity contribution in [2.24, 2.45) is 11.8 Å². The minimum absolute atomic E-state index is 0.235. The SMILES string of the molecule is CCC(CC)C(O)c1ncnn1Cc1ccccc1.CCC(CC)C(O)c1ncnn1Cc1ccccc1. The van der Waals surface area contributed by atoms with E-state index >= 15 is 0 Å². The zero-order valence-electron chi connectivity index (χ0n) is 23.1. The Bertz CT molecular complexity index is 1080. The summed E-state index contributed by atoms with van der Waals surface area (Å²) in [7, 11) is 0. The number of aliphatic hydroxyl groups is 2. The fourth-order valence-electron chi connectivity index (χ4n) is 4.65.